The number of nitrogens with one attached hydrogen (secondary N) is 1. The van der Waals surface area contributed by atoms with Gasteiger partial charge in [0, 0.05) is 69.0 Å². The monoisotopic (exact) mass is 498 g/mol. The van der Waals surface area contributed by atoms with Crippen molar-refractivity contribution >= 4 is 17.0 Å². The van der Waals surface area contributed by atoms with Crippen molar-refractivity contribution in [3.05, 3.63) is 40.9 Å². The Morgan fingerprint density at radius 3 is 2.69 bits per heavy atom. The minimum atomic E-state index is -0.199. The van der Waals surface area contributed by atoms with Gasteiger partial charge in [-0.1, -0.05) is 13.8 Å². The minimum absolute atomic E-state index is 0.184. The third-order valence-electron chi connectivity index (χ3n) is 5.83. The molecule has 0 radical (unpaired) electrons. The number of aliphatic hydroxyl groups excluding tert-OH is 1. The number of pyridine rings is 2. The van der Waals surface area contributed by atoms with Gasteiger partial charge >= 0.3 is 0 Å². The first kappa shape index (κ1) is 27.5. The van der Waals surface area contributed by atoms with Gasteiger partial charge in [0.15, 0.2) is 11.5 Å². The molecule has 0 saturated heterocycles. The van der Waals surface area contributed by atoms with E-state index in [0.29, 0.717) is 43.3 Å². The number of aliphatic hydroxyl groups is 1. The molecule has 10 nitrogen and oxygen atoms in total. The summed E-state index contributed by atoms with van der Waals surface area (Å²) < 4.78 is 12.5. The van der Waals surface area contributed by atoms with Gasteiger partial charge in [-0.25, -0.2) is 15.0 Å². The zero-order valence-electron chi connectivity index (χ0n) is 21.7. The van der Waals surface area contributed by atoms with Crippen molar-refractivity contribution in [1.82, 2.24) is 24.4 Å². The maximum atomic E-state index is 13.4. The summed E-state index contributed by atoms with van der Waals surface area (Å²) in [5.41, 5.74) is 2.65. The van der Waals surface area contributed by atoms with Crippen LogP contribution in [0.3, 0.4) is 0 Å². The Kier molecular flexibility index (Phi) is 10.6. The molecule has 0 amide bonds. The molecule has 2 N–H and O–H groups in total. The van der Waals surface area contributed by atoms with Gasteiger partial charge in [0.25, 0.3) is 5.56 Å². The maximum Gasteiger partial charge on any atom is 0.293 e. The normalized spacial score (nSPS) is 12.3. The second kappa shape index (κ2) is 13.9. The van der Waals surface area contributed by atoms with Crippen LogP contribution in [0.25, 0.3) is 22.3 Å². The molecular formula is C26H38N6O4. The van der Waals surface area contributed by atoms with Crippen LogP contribution in [0.2, 0.25) is 0 Å². The van der Waals surface area contributed by atoms with Crippen LogP contribution in [0.4, 0.5) is 5.82 Å². The van der Waals surface area contributed by atoms with Gasteiger partial charge < -0.3 is 24.8 Å². The Labute approximate surface area is 212 Å². The second-order valence-electron chi connectivity index (χ2n) is 9.01. The predicted molar refractivity (Wildman–Crippen MR) is 142 cm³/mol. The molecule has 0 aliphatic carbocycles. The van der Waals surface area contributed by atoms with E-state index >= 15 is 0 Å². The van der Waals surface area contributed by atoms with Crippen molar-refractivity contribution in [1.29, 1.82) is 0 Å². The molecule has 0 bridgehead atoms. The quantitative estimate of drug-likeness (QED) is 0.305. The van der Waals surface area contributed by atoms with Crippen LogP contribution in [0.15, 0.2) is 35.4 Å². The van der Waals surface area contributed by atoms with E-state index in [9.17, 15) is 4.79 Å². The predicted octanol–water partition coefficient (Wildman–Crippen LogP) is 2.65. The van der Waals surface area contributed by atoms with Gasteiger partial charge in [-0.05, 0) is 37.9 Å². The Balaban J connectivity index is 1.87. The number of methoxy groups -OCH3 is 1. The van der Waals surface area contributed by atoms with Crippen LogP contribution in [-0.4, -0.2) is 83.1 Å². The number of hydrogen-bond acceptors (Lipinski definition) is 9. The van der Waals surface area contributed by atoms with Crippen molar-refractivity contribution in [2.75, 3.05) is 58.9 Å². The van der Waals surface area contributed by atoms with E-state index in [-0.39, 0.29) is 23.9 Å². The molecule has 0 aliphatic rings. The Bertz CT molecular complexity index is 1150. The summed E-state index contributed by atoms with van der Waals surface area (Å²) in [4.78, 5) is 29.0. The standard InChI is InChI=1S/C26H38N6O4/c1-5-12-36-13-10-32-22-14-21(20-7-8-23(35-4)27-16-20)17-29-24(22)30-25(26(32)34)28-15-19(2)18-31(3)9-6-11-33/h7-8,14,16-17,19,33H,5-6,9-13,15,18H2,1-4H3,(H,28,29,30). The van der Waals surface area contributed by atoms with Crippen molar-refractivity contribution < 1.29 is 14.6 Å². The van der Waals surface area contributed by atoms with Crippen LogP contribution in [0, 0.1) is 5.92 Å². The number of rotatable bonds is 15. The summed E-state index contributed by atoms with van der Waals surface area (Å²) >= 11 is 0. The number of nitrogens with zero attached hydrogens (tertiary/aromatic N) is 5. The molecule has 1 atom stereocenters. The molecule has 3 rings (SSSR count). The smallest absolute Gasteiger partial charge is 0.293 e. The lowest BCUT2D eigenvalue weighted by Gasteiger charge is -2.21. The highest BCUT2D eigenvalue weighted by molar-refractivity contribution is 5.78. The zero-order chi connectivity index (χ0) is 25.9. The zero-order valence-corrected chi connectivity index (χ0v) is 21.7. The van der Waals surface area contributed by atoms with Crippen LogP contribution in [0.1, 0.15) is 26.7 Å². The first-order chi connectivity index (χ1) is 17.5. The summed E-state index contributed by atoms with van der Waals surface area (Å²) in [7, 11) is 3.61. The van der Waals surface area contributed by atoms with Crippen LogP contribution >= 0.6 is 0 Å². The Morgan fingerprint density at radius 1 is 1.19 bits per heavy atom. The van der Waals surface area contributed by atoms with Crippen molar-refractivity contribution in [3.8, 4) is 17.0 Å². The highest BCUT2D eigenvalue weighted by Gasteiger charge is 2.15. The molecule has 36 heavy (non-hydrogen) atoms. The average molecular weight is 499 g/mol. The third kappa shape index (κ3) is 7.46. The third-order valence-corrected chi connectivity index (χ3v) is 5.83. The fourth-order valence-electron chi connectivity index (χ4n) is 3.99. The summed E-state index contributed by atoms with van der Waals surface area (Å²) in [6.45, 7) is 8.09. The number of fused-ring (bicyclic) bond motifs is 1. The molecular weight excluding hydrogens is 460 g/mol. The number of hydrogen-bond donors (Lipinski definition) is 2. The molecule has 0 saturated carbocycles. The fourth-order valence-corrected chi connectivity index (χ4v) is 3.99. The van der Waals surface area contributed by atoms with Crippen LogP contribution < -0.4 is 15.6 Å². The van der Waals surface area contributed by atoms with E-state index < -0.39 is 0 Å². The first-order valence-corrected chi connectivity index (χ1v) is 12.5. The first-order valence-electron chi connectivity index (χ1n) is 12.5. The van der Waals surface area contributed by atoms with Gasteiger partial charge in [0.05, 0.1) is 19.2 Å². The van der Waals surface area contributed by atoms with Crippen molar-refractivity contribution in [2.24, 2.45) is 5.92 Å². The lowest BCUT2D eigenvalue weighted by molar-refractivity contribution is 0.127. The van der Waals surface area contributed by atoms with E-state index in [1.165, 1.54) is 0 Å². The van der Waals surface area contributed by atoms with Gasteiger partial charge in [-0.15, -0.1) is 0 Å². The van der Waals surface area contributed by atoms with E-state index in [4.69, 9.17) is 14.6 Å². The number of anilines is 1. The van der Waals surface area contributed by atoms with Gasteiger partial charge in [-0.2, -0.15) is 0 Å². The summed E-state index contributed by atoms with van der Waals surface area (Å²) in [6, 6.07) is 5.62. The van der Waals surface area contributed by atoms with Gasteiger partial charge in [0.1, 0.15) is 0 Å². The summed E-state index contributed by atoms with van der Waals surface area (Å²) in [5.74, 6) is 1.10. The average Bonchev–Trinajstić information content (AvgIpc) is 2.89. The molecule has 1 unspecified atom stereocenters. The maximum absolute atomic E-state index is 13.4. The van der Waals surface area contributed by atoms with E-state index in [1.807, 2.05) is 19.2 Å². The lowest BCUT2D eigenvalue weighted by atomic mass is 10.1. The highest BCUT2D eigenvalue weighted by atomic mass is 16.5. The van der Waals surface area contributed by atoms with E-state index in [1.54, 1.807) is 30.1 Å². The second-order valence-corrected chi connectivity index (χ2v) is 9.01. The SMILES string of the molecule is CCCOCCn1c(=O)c(NCC(C)CN(C)CCCO)nc2ncc(-c3ccc(OC)nc3)cc21. The van der Waals surface area contributed by atoms with E-state index in [0.717, 1.165) is 37.1 Å². The Morgan fingerprint density at radius 2 is 2.00 bits per heavy atom. The van der Waals surface area contributed by atoms with Crippen molar-refractivity contribution in [2.45, 2.75) is 33.2 Å². The number of aromatic nitrogens is 4. The molecule has 3 aromatic rings. The number of ether oxygens (including phenoxy) is 2. The van der Waals surface area contributed by atoms with Crippen LogP contribution in [0.5, 0.6) is 5.88 Å². The largest absolute Gasteiger partial charge is 0.481 e. The molecule has 10 heteroatoms. The molecule has 0 spiro atoms. The van der Waals surface area contributed by atoms with E-state index in [2.05, 4.69) is 39.0 Å². The molecule has 0 aliphatic heterocycles. The van der Waals surface area contributed by atoms with Gasteiger partial charge in [0.2, 0.25) is 5.88 Å². The minimum Gasteiger partial charge on any atom is -0.481 e. The topological polar surface area (TPSA) is 115 Å². The van der Waals surface area contributed by atoms with Gasteiger partial charge in [-0.3, -0.25) is 9.36 Å². The summed E-state index contributed by atoms with van der Waals surface area (Å²) in [5, 5.41) is 12.3. The van der Waals surface area contributed by atoms with Crippen LogP contribution in [-0.2, 0) is 11.3 Å². The lowest BCUT2D eigenvalue weighted by Crippen LogP contribution is -2.32. The molecule has 0 fully saturated rings. The summed E-state index contributed by atoms with van der Waals surface area (Å²) in [6.07, 6.45) is 5.12. The molecule has 0 aromatic carbocycles. The van der Waals surface area contributed by atoms with Crippen molar-refractivity contribution in [3.63, 3.8) is 0 Å². The Hall–Kier alpha value is -3.08. The molecule has 196 valence electrons. The highest BCUT2D eigenvalue weighted by Crippen LogP contribution is 2.23. The fraction of sp³-hybridized carbons (Fsp3) is 0.538. The molecule has 3 heterocycles. The molecule has 3 aromatic heterocycles.